The summed E-state index contributed by atoms with van der Waals surface area (Å²) in [5.41, 5.74) is 0.839. The van der Waals surface area contributed by atoms with Gasteiger partial charge in [0.2, 0.25) is 0 Å². The molecule has 0 atom stereocenters. The summed E-state index contributed by atoms with van der Waals surface area (Å²) in [5.74, 6) is -0.206. The molecule has 0 aromatic heterocycles. The van der Waals surface area contributed by atoms with Crippen molar-refractivity contribution in [3.63, 3.8) is 0 Å². The van der Waals surface area contributed by atoms with Gasteiger partial charge in [0.1, 0.15) is 5.82 Å². The average molecular weight is 201 g/mol. The topological polar surface area (TPSA) is 0 Å². The Balaban J connectivity index is 2.90. The van der Waals surface area contributed by atoms with Crippen molar-refractivity contribution in [1.29, 1.82) is 0 Å². The molecule has 0 bridgehead atoms. The predicted molar refractivity (Wildman–Crippen MR) is 54.6 cm³/mol. The zero-order valence-corrected chi connectivity index (χ0v) is 8.95. The Bertz CT molecular complexity index is 299. The van der Waals surface area contributed by atoms with Crippen molar-refractivity contribution in [3.8, 4) is 0 Å². The lowest BCUT2D eigenvalue weighted by molar-refractivity contribution is 0.402. The normalized spacial score (nSPS) is 11.8. The van der Waals surface area contributed by atoms with Crippen LogP contribution in [0.25, 0.3) is 0 Å². The molecular formula is C11H14ClF. The third kappa shape index (κ3) is 3.35. The molecule has 0 amide bonds. The molecule has 0 aliphatic heterocycles. The maximum absolute atomic E-state index is 13.3. The molecule has 0 radical (unpaired) electrons. The second-order valence-electron chi connectivity index (χ2n) is 4.47. The van der Waals surface area contributed by atoms with Gasteiger partial charge in [-0.15, -0.1) is 0 Å². The summed E-state index contributed by atoms with van der Waals surface area (Å²) < 4.78 is 13.3. The van der Waals surface area contributed by atoms with Crippen LogP contribution in [0.3, 0.4) is 0 Å². The van der Waals surface area contributed by atoms with Gasteiger partial charge in [0, 0.05) is 5.02 Å². The molecule has 0 heterocycles. The van der Waals surface area contributed by atoms with Crippen LogP contribution in [0, 0.1) is 11.2 Å². The van der Waals surface area contributed by atoms with Crippen molar-refractivity contribution in [2.75, 3.05) is 0 Å². The van der Waals surface area contributed by atoms with Crippen LogP contribution >= 0.6 is 11.6 Å². The largest absolute Gasteiger partial charge is 0.207 e. The molecule has 0 spiro atoms. The third-order valence-corrected chi connectivity index (χ3v) is 1.97. The molecule has 13 heavy (non-hydrogen) atoms. The first-order valence-electron chi connectivity index (χ1n) is 4.32. The highest BCUT2D eigenvalue weighted by atomic mass is 35.5. The molecule has 0 N–H and O–H groups in total. The van der Waals surface area contributed by atoms with Crippen molar-refractivity contribution in [1.82, 2.24) is 0 Å². The summed E-state index contributed by atoms with van der Waals surface area (Å²) in [5, 5.41) is 0.454. The molecule has 0 unspecified atom stereocenters. The fraction of sp³-hybridized carbons (Fsp3) is 0.455. The van der Waals surface area contributed by atoms with Crippen molar-refractivity contribution >= 4 is 11.6 Å². The minimum atomic E-state index is -0.206. The van der Waals surface area contributed by atoms with E-state index in [0.29, 0.717) is 5.02 Å². The summed E-state index contributed by atoms with van der Waals surface area (Å²) >= 11 is 5.65. The van der Waals surface area contributed by atoms with Gasteiger partial charge in [-0.25, -0.2) is 4.39 Å². The summed E-state index contributed by atoms with van der Waals surface area (Å²) in [6, 6.07) is 4.84. The van der Waals surface area contributed by atoms with Crippen LogP contribution in [0.5, 0.6) is 0 Å². The number of hydrogen-bond acceptors (Lipinski definition) is 0. The molecule has 1 aromatic carbocycles. The highest BCUT2D eigenvalue weighted by molar-refractivity contribution is 6.30. The van der Waals surface area contributed by atoms with Crippen LogP contribution in [-0.4, -0.2) is 0 Å². The van der Waals surface area contributed by atoms with Gasteiger partial charge in [-0.05, 0) is 29.5 Å². The SMILES string of the molecule is CC(C)(C)Cc1ccc(Cl)cc1F. The van der Waals surface area contributed by atoms with Crippen LogP contribution < -0.4 is 0 Å². The Kier molecular flexibility index (Phi) is 2.97. The van der Waals surface area contributed by atoms with E-state index in [1.165, 1.54) is 6.07 Å². The quantitative estimate of drug-likeness (QED) is 0.641. The van der Waals surface area contributed by atoms with E-state index in [-0.39, 0.29) is 11.2 Å². The van der Waals surface area contributed by atoms with E-state index in [4.69, 9.17) is 11.6 Å². The van der Waals surface area contributed by atoms with Crippen LogP contribution in [-0.2, 0) is 6.42 Å². The van der Waals surface area contributed by atoms with E-state index >= 15 is 0 Å². The molecule has 1 aromatic rings. The van der Waals surface area contributed by atoms with Gasteiger partial charge in [0.25, 0.3) is 0 Å². The lowest BCUT2D eigenvalue weighted by atomic mass is 9.88. The first-order chi connectivity index (χ1) is 5.88. The lowest BCUT2D eigenvalue weighted by Crippen LogP contribution is -2.10. The maximum atomic E-state index is 13.3. The standard InChI is InChI=1S/C11H14ClF/c1-11(2,3)7-8-4-5-9(12)6-10(8)13/h4-6H,7H2,1-3H3. The first kappa shape index (κ1) is 10.5. The molecule has 0 fully saturated rings. The summed E-state index contributed by atoms with van der Waals surface area (Å²) in [6.07, 6.45) is 0.732. The molecule has 0 nitrogen and oxygen atoms in total. The van der Waals surface area contributed by atoms with Gasteiger partial charge in [-0.3, -0.25) is 0 Å². The predicted octanol–water partition coefficient (Wildman–Crippen LogP) is 4.07. The minimum Gasteiger partial charge on any atom is -0.207 e. The Hall–Kier alpha value is -0.560. The van der Waals surface area contributed by atoms with E-state index < -0.39 is 0 Å². The monoisotopic (exact) mass is 200 g/mol. The van der Waals surface area contributed by atoms with E-state index in [1.54, 1.807) is 12.1 Å². The van der Waals surface area contributed by atoms with Gasteiger partial charge in [-0.2, -0.15) is 0 Å². The fourth-order valence-corrected chi connectivity index (χ4v) is 1.40. The second kappa shape index (κ2) is 3.67. The summed E-state index contributed by atoms with van der Waals surface area (Å²) in [4.78, 5) is 0. The molecule has 0 saturated carbocycles. The van der Waals surface area contributed by atoms with Crippen molar-refractivity contribution in [2.45, 2.75) is 27.2 Å². The molecule has 0 saturated heterocycles. The van der Waals surface area contributed by atoms with E-state index in [0.717, 1.165) is 12.0 Å². The zero-order chi connectivity index (χ0) is 10.1. The Morgan fingerprint density at radius 3 is 2.38 bits per heavy atom. The Morgan fingerprint density at radius 1 is 1.31 bits per heavy atom. The molecule has 0 aliphatic rings. The van der Waals surface area contributed by atoms with Gasteiger partial charge in [0.15, 0.2) is 0 Å². The van der Waals surface area contributed by atoms with E-state index in [2.05, 4.69) is 20.8 Å². The number of halogens is 2. The maximum Gasteiger partial charge on any atom is 0.127 e. The average Bonchev–Trinajstić information content (AvgIpc) is 1.93. The number of benzene rings is 1. The highest BCUT2D eigenvalue weighted by Crippen LogP contribution is 2.23. The van der Waals surface area contributed by atoms with Crippen LogP contribution in [0.2, 0.25) is 5.02 Å². The van der Waals surface area contributed by atoms with Crippen molar-refractivity contribution in [2.24, 2.45) is 5.41 Å². The summed E-state index contributed by atoms with van der Waals surface area (Å²) in [7, 11) is 0. The first-order valence-corrected chi connectivity index (χ1v) is 4.70. The molecular weight excluding hydrogens is 187 g/mol. The smallest absolute Gasteiger partial charge is 0.127 e. The number of rotatable bonds is 1. The minimum absolute atomic E-state index is 0.106. The molecule has 72 valence electrons. The fourth-order valence-electron chi connectivity index (χ4n) is 1.24. The molecule has 1 rings (SSSR count). The second-order valence-corrected chi connectivity index (χ2v) is 4.91. The third-order valence-electron chi connectivity index (χ3n) is 1.74. The Labute approximate surface area is 83.7 Å². The molecule has 2 heteroatoms. The van der Waals surface area contributed by atoms with Gasteiger partial charge in [-0.1, -0.05) is 38.4 Å². The van der Waals surface area contributed by atoms with Gasteiger partial charge >= 0.3 is 0 Å². The van der Waals surface area contributed by atoms with E-state index in [9.17, 15) is 4.39 Å². The van der Waals surface area contributed by atoms with Crippen molar-refractivity contribution in [3.05, 3.63) is 34.6 Å². The Morgan fingerprint density at radius 2 is 1.92 bits per heavy atom. The summed E-state index contributed by atoms with van der Waals surface area (Å²) in [6.45, 7) is 6.25. The zero-order valence-electron chi connectivity index (χ0n) is 8.20. The van der Waals surface area contributed by atoms with Crippen LogP contribution in [0.15, 0.2) is 18.2 Å². The van der Waals surface area contributed by atoms with Gasteiger partial charge < -0.3 is 0 Å². The lowest BCUT2D eigenvalue weighted by Gasteiger charge is -2.18. The van der Waals surface area contributed by atoms with E-state index in [1.807, 2.05) is 0 Å². The number of hydrogen-bond donors (Lipinski definition) is 0. The molecule has 0 aliphatic carbocycles. The van der Waals surface area contributed by atoms with Crippen LogP contribution in [0.1, 0.15) is 26.3 Å². The highest BCUT2D eigenvalue weighted by Gasteiger charge is 2.14. The van der Waals surface area contributed by atoms with Gasteiger partial charge in [0.05, 0.1) is 0 Å². The van der Waals surface area contributed by atoms with Crippen LogP contribution in [0.4, 0.5) is 4.39 Å². The van der Waals surface area contributed by atoms with Crippen molar-refractivity contribution < 1.29 is 4.39 Å².